The fourth-order valence-electron chi connectivity index (χ4n) is 2.41. The van der Waals surface area contributed by atoms with Gasteiger partial charge in [0.05, 0.1) is 6.10 Å². The van der Waals surface area contributed by atoms with Gasteiger partial charge in [0.1, 0.15) is 7.28 Å². The Morgan fingerprint density at radius 1 is 1.57 bits per heavy atom. The van der Waals surface area contributed by atoms with Crippen LogP contribution in [0.4, 0.5) is 0 Å². The van der Waals surface area contributed by atoms with Crippen LogP contribution in [0, 0.1) is 0 Å². The minimum atomic E-state index is 0.330. The van der Waals surface area contributed by atoms with Crippen LogP contribution >= 0.6 is 0 Å². The number of hydrogen-bond donors (Lipinski definition) is 1. The minimum absolute atomic E-state index is 0.330. The molecule has 0 aromatic rings. The molecule has 0 bridgehead atoms. The second kappa shape index (κ2) is 4.32. The van der Waals surface area contributed by atoms with Crippen molar-refractivity contribution in [2.24, 2.45) is 0 Å². The maximum Gasteiger partial charge on any atom is 0.139 e. The first-order valence-corrected chi connectivity index (χ1v) is 5.50. The molecule has 2 unspecified atom stereocenters. The third-order valence-electron chi connectivity index (χ3n) is 3.28. The Morgan fingerprint density at radius 3 is 3.14 bits per heavy atom. The molecule has 0 radical (unpaired) electrons. The van der Waals surface area contributed by atoms with Crippen molar-refractivity contribution in [3.05, 3.63) is 23.8 Å². The molecule has 1 aliphatic carbocycles. The lowest BCUT2D eigenvalue weighted by molar-refractivity contribution is 0.0990. The number of allylic oxidation sites excluding steroid dienone is 2. The van der Waals surface area contributed by atoms with E-state index in [2.05, 4.69) is 30.4 Å². The van der Waals surface area contributed by atoms with Gasteiger partial charge in [-0.2, -0.15) is 0 Å². The van der Waals surface area contributed by atoms with Crippen LogP contribution in [0.1, 0.15) is 12.8 Å². The SMILES string of the molecule is CBC1C[C@@H](OC)C2=CC=CCC2N1. The topological polar surface area (TPSA) is 21.3 Å². The van der Waals surface area contributed by atoms with Crippen LogP contribution in [0.3, 0.4) is 0 Å². The number of piperidine rings is 1. The molecule has 0 saturated carbocycles. The van der Waals surface area contributed by atoms with Crippen LogP contribution in [-0.2, 0) is 4.74 Å². The smallest absolute Gasteiger partial charge is 0.139 e. The summed E-state index contributed by atoms with van der Waals surface area (Å²) in [6, 6.07) is 0.517. The zero-order chi connectivity index (χ0) is 9.97. The van der Waals surface area contributed by atoms with Crippen molar-refractivity contribution in [2.45, 2.75) is 37.8 Å². The van der Waals surface area contributed by atoms with Crippen LogP contribution in [0.5, 0.6) is 0 Å². The van der Waals surface area contributed by atoms with Gasteiger partial charge in [-0.15, -0.1) is 0 Å². The molecule has 3 heteroatoms. The van der Waals surface area contributed by atoms with Crippen molar-refractivity contribution in [2.75, 3.05) is 7.11 Å². The van der Waals surface area contributed by atoms with Crippen molar-refractivity contribution in [1.82, 2.24) is 5.32 Å². The summed E-state index contributed by atoms with van der Waals surface area (Å²) in [6.07, 6.45) is 9.14. The van der Waals surface area contributed by atoms with Gasteiger partial charge in [0, 0.05) is 13.2 Å². The zero-order valence-electron chi connectivity index (χ0n) is 8.99. The molecule has 0 aromatic heterocycles. The van der Waals surface area contributed by atoms with Gasteiger partial charge in [0.2, 0.25) is 0 Å². The molecule has 0 aromatic carbocycles. The van der Waals surface area contributed by atoms with E-state index in [4.69, 9.17) is 4.74 Å². The highest BCUT2D eigenvalue weighted by atomic mass is 16.5. The molecule has 1 saturated heterocycles. The molecule has 2 rings (SSSR count). The second-order valence-electron chi connectivity index (χ2n) is 4.11. The normalized spacial score (nSPS) is 36.1. The summed E-state index contributed by atoms with van der Waals surface area (Å²) in [5.74, 6) is 0.619. The summed E-state index contributed by atoms with van der Waals surface area (Å²) in [5, 5.41) is 3.67. The number of nitrogens with one attached hydrogen (secondary N) is 1. The van der Waals surface area contributed by atoms with Crippen molar-refractivity contribution in [3.63, 3.8) is 0 Å². The molecule has 1 aliphatic heterocycles. The van der Waals surface area contributed by atoms with Gasteiger partial charge in [-0.3, -0.25) is 0 Å². The second-order valence-corrected chi connectivity index (χ2v) is 4.11. The van der Waals surface area contributed by atoms with E-state index >= 15 is 0 Å². The molecule has 2 aliphatic rings. The van der Waals surface area contributed by atoms with Crippen LogP contribution in [-0.4, -0.2) is 32.5 Å². The van der Waals surface area contributed by atoms with E-state index < -0.39 is 0 Å². The van der Waals surface area contributed by atoms with E-state index in [0.29, 0.717) is 18.1 Å². The summed E-state index contributed by atoms with van der Waals surface area (Å²) in [6.45, 7) is 2.23. The molecule has 14 heavy (non-hydrogen) atoms. The van der Waals surface area contributed by atoms with Gasteiger partial charge in [-0.1, -0.05) is 25.1 Å². The lowest BCUT2D eigenvalue weighted by Gasteiger charge is -2.38. The molecule has 1 heterocycles. The molecule has 1 fully saturated rings. The van der Waals surface area contributed by atoms with Crippen LogP contribution in [0.2, 0.25) is 6.82 Å². The van der Waals surface area contributed by atoms with Gasteiger partial charge < -0.3 is 10.1 Å². The molecule has 0 spiro atoms. The first-order chi connectivity index (χ1) is 6.85. The van der Waals surface area contributed by atoms with E-state index in [9.17, 15) is 0 Å². The third kappa shape index (κ3) is 1.79. The monoisotopic (exact) mass is 191 g/mol. The summed E-state index contributed by atoms with van der Waals surface area (Å²) >= 11 is 0. The minimum Gasteiger partial charge on any atom is -0.377 e. The standard InChI is InChI=1S/C11H18BNO/c1-12-11-7-10(14-2)8-5-3-4-6-9(8)13-11/h3-5,9-13H,6-7H2,1-2H3/t9?,10-,11?/m1/s1. The zero-order valence-corrected chi connectivity index (χ0v) is 8.99. The Labute approximate surface area is 86.6 Å². The number of fused-ring (bicyclic) bond motifs is 1. The predicted molar refractivity (Wildman–Crippen MR) is 61.0 cm³/mol. The first-order valence-electron chi connectivity index (χ1n) is 5.50. The lowest BCUT2D eigenvalue weighted by atomic mass is 9.66. The average Bonchev–Trinajstić information content (AvgIpc) is 2.27. The molecule has 76 valence electrons. The Kier molecular flexibility index (Phi) is 3.09. The van der Waals surface area contributed by atoms with E-state index in [0.717, 1.165) is 12.8 Å². The molecule has 2 nitrogen and oxygen atoms in total. The highest BCUT2D eigenvalue weighted by molar-refractivity contribution is 6.35. The molecule has 3 atom stereocenters. The van der Waals surface area contributed by atoms with Crippen LogP contribution in [0.15, 0.2) is 23.8 Å². The maximum atomic E-state index is 5.55. The Balaban J connectivity index is 2.14. The quantitative estimate of drug-likeness (QED) is 0.659. The molecule has 0 amide bonds. The van der Waals surface area contributed by atoms with Gasteiger partial charge in [0.15, 0.2) is 0 Å². The summed E-state index contributed by atoms with van der Waals surface area (Å²) in [5.41, 5.74) is 1.43. The Bertz CT molecular complexity index is 262. The van der Waals surface area contributed by atoms with Crippen LogP contribution < -0.4 is 5.32 Å². The number of ether oxygens (including phenoxy) is 1. The number of methoxy groups -OCH3 is 1. The first kappa shape index (κ1) is 10.00. The van der Waals surface area contributed by atoms with E-state index in [1.807, 2.05) is 7.11 Å². The highest BCUT2D eigenvalue weighted by Gasteiger charge is 2.31. The van der Waals surface area contributed by atoms with Crippen molar-refractivity contribution in [1.29, 1.82) is 0 Å². The molecule has 1 N–H and O–H groups in total. The fraction of sp³-hybridized carbons (Fsp3) is 0.636. The largest absolute Gasteiger partial charge is 0.377 e. The van der Waals surface area contributed by atoms with Gasteiger partial charge in [-0.05, 0) is 24.4 Å². The average molecular weight is 191 g/mol. The van der Waals surface area contributed by atoms with Gasteiger partial charge in [0.25, 0.3) is 0 Å². The predicted octanol–water partition coefficient (Wildman–Crippen LogP) is 1.06. The van der Waals surface area contributed by atoms with Gasteiger partial charge in [-0.25, -0.2) is 0 Å². The highest BCUT2D eigenvalue weighted by Crippen LogP contribution is 2.26. The van der Waals surface area contributed by atoms with Crippen molar-refractivity contribution >= 4 is 7.28 Å². The third-order valence-corrected chi connectivity index (χ3v) is 3.28. The summed E-state index contributed by atoms with van der Waals surface area (Å²) in [4.78, 5) is 0. The lowest BCUT2D eigenvalue weighted by Crippen LogP contribution is -2.52. The van der Waals surface area contributed by atoms with E-state index in [1.54, 1.807) is 0 Å². The van der Waals surface area contributed by atoms with Crippen molar-refractivity contribution < 1.29 is 4.74 Å². The number of hydrogen-bond acceptors (Lipinski definition) is 2. The molecular formula is C11H18BNO. The maximum absolute atomic E-state index is 5.55. The molecular weight excluding hydrogens is 173 g/mol. The van der Waals surface area contributed by atoms with E-state index in [1.165, 1.54) is 12.9 Å². The fourth-order valence-corrected chi connectivity index (χ4v) is 2.41. The summed E-state index contributed by atoms with van der Waals surface area (Å²) in [7, 11) is 3.01. The van der Waals surface area contributed by atoms with E-state index in [-0.39, 0.29) is 0 Å². The Hall–Kier alpha value is -0.535. The summed E-state index contributed by atoms with van der Waals surface area (Å²) < 4.78 is 5.55. The van der Waals surface area contributed by atoms with Gasteiger partial charge >= 0.3 is 0 Å². The Morgan fingerprint density at radius 2 is 2.43 bits per heavy atom. The van der Waals surface area contributed by atoms with Crippen molar-refractivity contribution in [3.8, 4) is 0 Å². The van der Waals surface area contributed by atoms with Crippen LogP contribution in [0.25, 0.3) is 0 Å². The number of rotatable bonds is 2.